The summed E-state index contributed by atoms with van der Waals surface area (Å²) in [5, 5.41) is 14.9. The van der Waals surface area contributed by atoms with Crippen molar-refractivity contribution in [2.75, 3.05) is 11.9 Å². The first-order valence-corrected chi connectivity index (χ1v) is 12.1. The molecule has 0 radical (unpaired) electrons. The normalized spacial score (nSPS) is 20.1. The summed E-state index contributed by atoms with van der Waals surface area (Å²) in [5.74, 6) is -0.288. The van der Waals surface area contributed by atoms with Gasteiger partial charge in [0.1, 0.15) is 10.8 Å². The number of carbonyl (C=O) groups is 2. The first-order valence-electron chi connectivity index (χ1n) is 11.2. The lowest BCUT2D eigenvalue weighted by Gasteiger charge is -2.27. The summed E-state index contributed by atoms with van der Waals surface area (Å²) in [5.41, 5.74) is 3.70. The molecule has 1 spiro atoms. The Bertz CT molecular complexity index is 1300. The van der Waals surface area contributed by atoms with Gasteiger partial charge in [0, 0.05) is 46.1 Å². The van der Waals surface area contributed by atoms with Crippen LogP contribution in [0.4, 0.5) is 11.4 Å². The molecule has 1 aliphatic heterocycles. The highest BCUT2D eigenvalue weighted by Crippen LogP contribution is 2.61. The molecule has 3 aromatic rings. The van der Waals surface area contributed by atoms with Crippen molar-refractivity contribution in [3.63, 3.8) is 0 Å². The minimum Gasteiger partial charge on any atom is -0.493 e. The van der Waals surface area contributed by atoms with Gasteiger partial charge in [-0.2, -0.15) is 0 Å². The van der Waals surface area contributed by atoms with E-state index in [1.165, 1.54) is 0 Å². The van der Waals surface area contributed by atoms with E-state index in [1.807, 2.05) is 17.5 Å². The number of nitrogens with one attached hydrogen (secondary N) is 1. The summed E-state index contributed by atoms with van der Waals surface area (Å²) in [6.45, 7) is 7.89. The van der Waals surface area contributed by atoms with Crippen LogP contribution in [-0.4, -0.2) is 28.6 Å². The van der Waals surface area contributed by atoms with Gasteiger partial charge in [-0.05, 0) is 55.5 Å². The van der Waals surface area contributed by atoms with Crippen molar-refractivity contribution in [1.29, 1.82) is 0 Å². The molecule has 1 aliphatic carbocycles. The molecule has 2 heterocycles. The lowest BCUT2D eigenvalue weighted by molar-refractivity contribution is -0.137. The Kier molecular flexibility index (Phi) is 5.80. The number of aliphatic carboxylic acids is 1. The Morgan fingerprint density at radius 2 is 2.18 bits per heavy atom. The van der Waals surface area contributed by atoms with Crippen LogP contribution < -0.4 is 10.1 Å². The van der Waals surface area contributed by atoms with E-state index in [0.717, 1.165) is 40.3 Å². The number of carboxylic acids is 1. The van der Waals surface area contributed by atoms with E-state index in [4.69, 9.17) is 16.4 Å². The second-order valence-electron chi connectivity index (χ2n) is 8.75. The molecule has 1 fully saturated rings. The van der Waals surface area contributed by atoms with Crippen molar-refractivity contribution < 1.29 is 19.4 Å². The number of anilines is 1. The third-order valence-electron chi connectivity index (χ3n) is 6.71. The number of nitrogens with zero attached hydrogens (tertiary/aromatic N) is 2. The van der Waals surface area contributed by atoms with Crippen LogP contribution in [0.25, 0.3) is 15.4 Å². The number of aryl methyl sites for hydroxylation is 1. The van der Waals surface area contributed by atoms with Crippen LogP contribution >= 0.6 is 11.3 Å². The van der Waals surface area contributed by atoms with E-state index in [1.54, 1.807) is 35.7 Å². The fourth-order valence-electron chi connectivity index (χ4n) is 4.86. The molecule has 0 bridgehead atoms. The number of amides is 1. The van der Waals surface area contributed by atoms with E-state index in [2.05, 4.69) is 21.2 Å². The lowest BCUT2D eigenvalue weighted by atomic mass is 9.86. The Morgan fingerprint density at radius 3 is 2.94 bits per heavy atom. The van der Waals surface area contributed by atoms with Crippen LogP contribution in [-0.2, 0) is 21.4 Å². The number of rotatable bonds is 7. The van der Waals surface area contributed by atoms with Crippen molar-refractivity contribution in [3.05, 3.63) is 70.5 Å². The van der Waals surface area contributed by atoms with Crippen molar-refractivity contribution >= 4 is 34.6 Å². The highest BCUT2D eigenvalue weighted by atomic mass is 32.1. The molecule has 2 aliphatic rings. The molecule has 2 N–H and O–H groups in total. The number of benzene rings is 2. The maximum atomic E-state index is 13.4. The van der Waals surface area contributed by atoms with Crippen LogP contribution in [0.3, 0.4) is 0 Å². The SMILES string of the molecule is [C-]#[N+]c1ccc(CCCC(=O)O)c(NC(=O)[C@@H]2C[C@]23CCOc2ccc(-c4nccs4)cc23)c1. The van der Waals surface area contributed by atoms with Gasteiger partial charge in [-0.1, -0.05) is 12.1 Å². The molecule has 34 heavy (non-hydrogen) atoms. The first-order chi connectivity index (χ1) is 16.5. The van der Waals surface area contributed by atoms with E-state index < -0.39 is 5.97 Å². The Labute approximate surface area is 201 Å². The highest BCUT2D eigenvalue weighted by molar-refractivity contribution is 7.13. The summed E-state index contributed by atoms with van der Waals surface area (Å²) in [4.78, 5) is 32.2. The molecule has 8 heteroatoms. The van der Waals surface area contributed by atoms with E-state index in [9.17, 15) is 9.59 Å². The van der Waals surface area contributed by atoms with Gasteiger partial charge in [-0.15, -0.1) is 11.3 Å². The predicted molar refractivity (Wildman–Crippen MR) is 129 cm³/mol. The Morgan fingerprint density at radius 1 is 1.29 bits per heavy atom. The maximum absolute atomic E-state index is 13.4. The zero-order valence-corrected chi connectivity index (χ0v) is 19.2. The topological polar surface area (TPSA) is 92.9 Å². The third kappa shape index (κ3) is 4.15. The van der Waals surface area contributed by atoms with Gasteiger partial charge in [-0.25, -0.2) is 9.83 Å². The zero-order chi connectivity index (χ0) is 23.7. The van der Waals surface area contributed by atoms with Gasteiger partial charge < -0.3 is 15.2 Å². The number of hydrogen-bond acceptors (Lipinski definition) is 5. The molecule has 172 valence electrons. The number of carboxylic acid groups (broad SMARTS) is 1. The lowest BCUT2D eigenvalue weighted by Crippen LogP contribution is -2.27. The number of ether oxygens (including phenoxy) is 1. The monoisotopic (exact) mass is 473 g/mol. The highest BCUT2D eigenvalue weighted by Gasteiger charge is 2.61. The van der Waals surface area contributed by atoms with Gasteiger partial charge in [0.25, 0.3) is 0 Å². The summed E-state index contributed by atoms with van der Waals surface area (Å²) in [7, 11) is 0. The fraction of sp³-hybridized carbons (Fsp3) is 0.308. The standard InChI is InChI=1S/C26H23N3O4S/c1-27-18-7-5-16(3-2-4-23(30)31)21(14-18)29-24(32)20-15-26(20)9-11-33-22-8-6-17(13-19(22)26)25-28-10-12-34-25/h5-8,10,12-14,20H,2-4,9,11,15H2,(H,29,32)(H,30,31)/t20-,26-/m0/s1. The second-order valence-corrected chi connectivity index (χ2v) is 9.64. The minimum absolute atomic E-state index is 0.0574. The molecule has 1 amide bonds. The van der Waals surface area contributed by atoms with Crippen molar-refractivity contribution in [2.45, 2.75) is 37.5 Å². The van der Waals surface area contributed by atoms with Crippen LogP contribution in [0.5, 0.6) is 5.75 Å². The van der Waals surface area contributed by atoms with Crippen molar-refractivity contribution in [3.8, 4) is 16.3 Å². The maximum Gasteiger partial charge on any atom is 0.303 e. The molecule has 0 unspecified atom stereocenters. The first kappa shape index (κ1) is 22.1. The van der Waals surface area contributed by atoms with Gasteiger partial charge in [0.2, 0.25) is 5.91 Å². The minimum atomic E-state index is -0.849. The third-order valence-corrected chi connectivity index (χ3v) is 7.53. The average molecular weight is 474 g/mol. The van der Waals surface area contributed by atoms with E-state index >= 15 is 0 Å². The Balaban J connectivity index is 1.38. The number of aromatic nitrogens is 1. The summed E-state index contributed by atoms with van der Waals surface area (Å²) >= 11 is 1.58. The average Bonchev–Trinajstić information content (AvgIpc) is 3.28. The van der Waals surface area contributed by atoms with E-state index in [0.29, 0.717) is 30.8 Å². The second kappa shape index (κ2) is 8.92. The molecule has 7 nitrogen and oxygen atoms in total. The summed E-state index contributed by atoms with van der Waals surface area (Å²) in [6, 6.07) is 11.3. The van der Waals surface area contributed by atoms with Gasteiger partial charge in [0.15, 0.2) is 5.69 Å². The molecule has 0 saturated heterocycles. The number of thiazole rings is 1. The molecular weight excluding hydrogens is 450 g/mol. The van der Waals surface area contributed by atoms with Crippen molar-refractivity contribution in [2.24, 2.45) is 5.92 Å². The Hall–Kier alpha value is -3.70. The zero-order valence-electron chi connectivity index (χ0n) is 18.4. The summed E-state index contributed by atoms with van der Waals surface area (Å²) < 4.78 is 5.90. The summed E-state index contributed by atoms with van der Waals surface area (Å²) in [6.07, 6.45) is 4.34. The fourth-order valence-corrected chi connectivity index (χ4v) is 5.50. The van der Waals surface area contributed by atoms with Crippen LogP contribution in [0, 0.1) is 12.5 Å². The van der Waals surface area contributed by atoms with Crippen LogP contribution in [0.1, 0.15) is 36.8 Å². The van der Waals surface area contributed by atoms with Gasteiger partial charge in [0.05, 0.1) is 13.2 Å². The molecule has 1 aromatic heterocycles. The number of hydrogen-bond donors (Lipinski definition) is 2. The number of fused-ring (bicyclic) bond motifs is 2. The van der Waals surface area contributed by atoms with Crippen molar-refractivity contribution in [1.82, 2.24) is 4.98 Å². The molecular formula is C26H23N3O4S. The largest absolute Gasteiger partial charge is 0.493 e. The van der Waals surface area contributed by atoms with Crippen LogP contribution in [0.15, 0.2) is 48.0 Å². The molecule has 1 saturated carbocycles. The molecule has 5 rings (SSSR count). The molecule has 2 atom stereocenters. The van der Waals surface area contributed by atoms with E-state index in [-0.39, 0.29) is 23.7 Å². The molecule has 2 aromatic carbocycles. The van der Waals surface area contributed by atoms with Crippen LogP contribution in [0.2, 0.25) is 0 Å². The predicted octanol–water partition coefficient (Wildman–Crippen LogP) is 5.45. The van der Waals surface area contributed by atoms with Gasteiger partial charge >= 0.3 is 5.97 Å². The number of carbonyl (C=O) groups excluding carboxylic acids is 1. The van der Waals surface area contributed by atoms with Gasteiger partial charge in [-0.3, -0.25) is 9.59 Å². The quantitative estimate of drug-likeness (QED) is 0.445. The smallest absolute Gasteiger partial charge is 0.303 e.